The fourth-order valence-corrected chi connectivity index (χ4v) is 2.99. The van der Waals surface area contributed by atoms with Crippen molar-refractivity contribution in [2.75, 3.05) is 36.4 Å². The van der Waals surface area contributed by atoms with Gasteiger partial charge in [-0.2, -0.15) is 0 Å². The summed E-state index contributed by atoms with van der Waals surface area (Å²) >= 11 is 0. The molecule has 1 aromatic heterocycles. The molecule has 3 rings (SSSR count). The van der Waals surface area contributed by atoms with Crippen molar-refractivity contribution in [3.05, 3.63) is 18.3 Å². The van der Waals surface area contributed by atoms with Crippen LogP contribution in [0.1, 0.15) is 19.8 Å². The Kier molecular flexibility index (Phi) is 5.42. The van der Waals surface area contributed by atoms with Gasteiger partial charge in [-0.3, -0.25) is 4.79 Å². The smallest absolute Gasteiger partial charge is 0.229 e. The van der Waals surface area contributed by atoms with Gasteiger partial charge in [-0.1, -0.05) is 6.92 Å². The van der Waals surface area contributed by atoms with Crippen molar-refractivity contribution in [3.8, 4) is 0 Å². The lowest BCUT2D eigenvalue weighted by Gasteiger charge is -2.17. The maximum absolute atomic E-state index is 12.2. The molecular formula is C15H23ClN4O. The van der Waals surface area contributed by atoms with Gasteiger partial charge in [0.1, 0.15) is 5.82 Å². The molecule has 5 nitrogen and oxygen atoms in total. The van der Waals surface area contributed by atoms with Crippen LogP contribution < -0.4 is 15.5 Å². The van der Waals surface area contributed by atoms with Crippen LogP contribution in [-0.2, 0) is 4.79 Å². The van der Waals surface area contributed by atoms with Crippen LogP contribution >= 0.6 is 12.4 Å². The zero-order chi connectivity index (χ0) is 13.9. The highest BCUT2D eigenvalue weighted by Gasteiger charge is 2.29. The molecule has 2 N–H and O–H groups in total. The van der Waals surface area contributed by atoms with E-state index in [1.807, 2.05) is 12.1 Å². The Balaban J connectivity index is 0.00000161. The van der Waals surface area contributed by atoms with Crippen LogP contribution in [0.25, 0.3) is 0 Å². The summed E-state index contributed by atoms with van der Waals surface area (Å²) in [6, 6.07) is 3.95. The van der Waals surface area contributed by atoms with Gasteiger partial charge in [-0.25, -0.2) is 4.98 Å². The first kappa shape index (κ1) is 16.0. The molecule has 3 heterocycles. The Morgan fingerprint density at radius 1 is 1.33 bits per heavy atom. The summed E-state index contributed by atoms with van der Waals surface area (Å²) in [6.07, 6.45) is 4.25. The third-order valence-corrected chi connectivity index (χ3v) is 4.30. The first-order valence-electron chi connectivity index (χ1n) is 7.46. The highest BCUT2D eigenvalue weighted by molar-refractivity contribution is 5.93. The van der Waals surface area contributed by atoms with E-state index in [4.69, 9.17) is 0 Å². The van der Waals surface area contributed by atoms with Crippen LogP contribution in [0.2, 0.25) is 0 Å². The summed E-state index contributed by atoms with van der Waals surface area (Å²) in [7, 11) is 0. The fraction of sp³-hybridized carbons (Fsp3) is 0.600. The number of halogens is 1. The van der Waals surface area contributed by atoms with Crippen LogP contribution in [-0.4, -0.2) is 37.1 Å². The monoisotopic (exact) mass is 310 g/mol. The molecular weight excluding hydrogens is 288 g/mol. The third kappa shape index (κ3) is 3.66. The summed E-state index contributed by atoms with van der Waals surface area (Å²) in [5.41, 5.74) is 0.789. The molecule has 0 aliphatic carbocycles. The normalized spacial score (nSPS) is 24.7. The van der Waals surface area contributed by atoms with Gasteiger partial charge in [0.15, 0.2) is 0 Å². The first-order valence-corrected chi connectivity index (χ1v) is 7.46. The van der Waals surface area contributed by atoms with E-state index in [1.165, 1.54) is 12.8 Å². The van der Waals surface area contributed by atoms with Crippen LogP contribution in [0.3, 0.4) is 0 Å². The minimum Gasteiger partial charge on any atom is -0.357 e. The third-order valence-electron chi connectivity index (χ3n) is 4.30. The Morgan fingerprint density at radius 2 is 2.10 bits per heavy atom. The standard InChI is InChI=1S/C15H22N4O.ClH/c1-11-8-16-10-13(11)15(20)18-12-4-5-14(17-9-12)19-6-2-3-7-19;/h4-5,9,11,13,16H,2-3,6-8,10H2,1H3,(H,18,20);1H/t11-,13-;/m1./s1. The second kappa shape index (κ2) is 7.09. The zero-order valence-corrected chi connectivity index (χ0v) is 13.2. The molecule has 2 aliphatic heterocycles. The molecule has 0 aromatic carbocycles. The largest absolute Gasteiger partial charge is 0.357 e. The molecule has 2 atom stereocenters. The van der Waals surface area contributed by atoms with Crippen molar-refractivity contribution in [1.29, 1.82) is 0 Å². The van der Waals surface area contributed by atoms with Crippen molar-refractivity contribution in [2.24, 2.45) is 11.8 Å². The van der Waals surface area contributed by atoms with Gasteiger partial charge in [0, 0.05) is 19.6 Å². The van der Waals surface area contributed by atoms with Crippen molar-refractivity contribution < 1.29 is 4.79 Å². The van der Waals surface area contributed by atoms with E-state index in [0.717, 1.165) is 37.7 Å². The van der Waals surface area contributed by atoms with Crippen LogP contribution in [0, 0.1) is 11.8 Å². The lowest BCUT2D eigenvalue weighted by Crippen LogP contribution is -2.28. The SMILES string of the molecule is C[C@@H]1CNC[C@H]1C(=O)Nc1ccc(N2CCCC2)nc1.Cl. The Labute approximate surface area is 131 Å². The van der Waals surface area contributed by atoms with E-state index in [1.54, 1.807) is 6.20 Å². The van der Waals surface area contributed by atoms with E-state index < -0.39 is 0 Å². The average molecular weight is 311 g/mol. The molecule has 116 valence electrons. The Morgan fingerprint density at radius 3 is 2.67 bits per heavy atom. The highest BCUT2D eigenvalue weighted by Crippen LogP contribution is 2.21. The lowest BCUT2D eigenvalue weighted by molar-refractivity contribution is -0.120. The molecule has 0 spiro atoms. The predicted molar refractivity (Wildman–Crippen MR) is 87.1 cm³/mol. The van der Waals surface area contributed by atoms with Gasteiger partial charge in [-0.05, 0) is 37.4 Å². The minimum atomic E-state index is 0. The quantitative estimate of drug-likeness (QED) is 0.895. The number of amides is 1. The number of rotatable bonds is 3. The summed E-state index contributed by atoms with van der Waals surface area (Å²) in [5, 5.41) is 6.22. The molecule has 0 radical (unpaired) electrons. The number of hydrogen-bond acceptors (Lipinski definition) is 4. The maximum Gasteiger partial charge on any atom is 0.229 e. The van der Waals surface area contributed by atoms with Gasteiger partial charge in [0.2, 0.25) is 5.91 Å². The second-order valence-electron chi connectivity index (χ2n) is 5.83. The topological polar surface area (TPSA) is 57.3 Å². The molecule has 1 amide bonds. The van der Waals surface area contributed by atoms with Gasteiger partial charge in [0.05, 0.1) is 17.8 Å². The zero-order valence-electron chi connectivity index (χ0n) is 12.3. The van der Waals surface area contributed by atoms with E-state index >= 15 is 0 Å². The van der Waals surface area contributed by atoms with Gasteiger partial charge in [-0.15, -0.1) is 12.4 Å². The molecule has 1 aromatic rings. The molecule has 0 saturated carbocycles. The second-order valence-corrected chi connectivity index (χ2v) is 5.83. The first-order chi connectivity index (χ1) is 9.74. The number of carbonyl (C=O) groups excluding carboxylic acids is 1. The van der Waals surface area contributed by atoms with Crippen molar-refractivity contribution in [1.82, 2.24) is 10.3 Å². The molecule has 21 heavy (non-hydrogen) atoms. The van der Waals surface area contributed by atoms with E-state index in [-0.39, 0.29) is 24.2 Å². The molecule has 0 unspecified atom stereocenters. The summed E-state index contributed by atoms with van der Waals surface area (Å²) in [4.78, 5) is 18.9. The van der Waals surface area contributed by atoms with E-state index in [9.17, 15) is 4.79 Å². The van der Waals surface area contributed by atoms with E-state index in [2.05, 4.69) is 27.4 Å². The molecule has 0 bridgehead atoms. The predicted octanol–water partition coefficient (Wildman–Crippen LogP) is 1.90. The Hall–Kier alpha value is -1.33. The maximum atomic E-state index is 12.2. The number of anilines is 2. The van der Waals surface area contributed by atoms with Crippen molar-refractivity contribution in [3.63, 3.8) is 0 Å². The van der Waals surface area contributed by atoms with Gasteiger partial charge < -0.3 is 15.5 Å². The summed E-state index contributed by atoms with van der Waals surface area (Å²) in [6.45, 7) is 5.98. The Bertz CT molecular complexity index is 473. The fourth-order valence-electron chi connectivity index (χ4n) is 2.99. The number of nitrogens with zero attached hydrogens (tertiary/aromatic N) is 2. The summed E-state index contributed by atoms with van der Waals surface area (Å²) in [5.74, 6) is 1.56. The van der Waals surface area contributed by atoms with Crippen LogP contribution in [0.5, 0.6) is 0 Å². The molecule has 2 fully saturated rings. The van der Waals surface area contributed by atoms with Crippen molar-refractivity contribution in [2.45, 2.75) is 19.8 Å². The number of pyridine rings is 1. The minimum absolute atomic E-state index is 0. The number of nitrogens with one attached hydrogen (secondary N) is 2. The molecule has 2 aliphatic rings. The van der Waals surface area contributed by atoms with E-state index in [0.29, 0.717) is 5.92 Å². The summed E-state index contributed by atoms with van der Waals surface area (Å²) < 4.78 is 0. The molecule has 6 heteroatoms. The number of carbonyl (C=O) groups is 1. The average Bonchev–Trinajstić information content (AvgIpc) is 3.10. The lowest BCUT2D eigenvalue weighted by atomic mass is 9.97. The number of hydrogen-bond donors (Lipinski definition) is 2. The van der Waals surface area contributed by atoms with Gasteiger partial charge >= 0.3 is 0 Å². The highest BCUT2D eigenvalue weighted by atomic mass is 35.5. The number of aromatic nitrogens is 1. The van der Waals surface area contributed by atoms with Crippen LogP contribution in [0.15, 0.2) is 18.3 Å². The van der Waals surface area contributed by atoms with Crippen LogP contribution in [0.4, 0.5) is 11.5 Å². The van der Waals surface area contributed by atoms with Crippen molar-refractivity contribution >= 4 is 29.8 Å². The van der Waals surface area contributed by atoms with Gasteiger partial charge in [0.25, 0.3) is 0 Å². The molecule has 2 saturated heterocycles.